The lowest BCUT2D eigenvalue weighted by Crippen LogP contribution is -2.30. The summed E-state index contributed by atoms with van der Waals surface area (Å²) in [6.07, 6.45) is 0. The predicted octanol–water partition coefficient (Wildman–Crippen LogP) is 5.14. The van der Waals surface area contributed by atoms with Crippen LogP contribution in [0.4, 0.5) is 5.69 Å². The molecule has 0 aliphatic rings. The van der Waals surface area contributed by atoms with Crippen LogP contribution in [0.3, 0.4) is 0 Å². The largest absolute Gasteiger partial charge is 0.496 e. The first-order valence-electron chi connectivity index (χ1n) is 9.15. The second-order valence-corrected chi connectivity index (χ2v) is 7.42. The van der Waals surface area contributed by atoms with Crippen LogP contribution in [0.15, 0.2) is 88.7 Å². The number of ether oxygens (including phenoxy) is 1. The number of carbonyl (C=O) groups is 1. The van der Waals surface area contributed by atoms with Crippen molar-refractivity contribution in [2.75, 3.05) is 19.0 Å². The van der Waals surface area contributed by atoms with Crippen LogP contribution in [-0.4, -0.2) is 19.6 Å². The number of methoxy groups -OCH3 is 1. The van der Waals surface area contributed by atoms with Crippen molar-refractivity contribution < 1.29 is 9.53 Å². The maximum Gasteiger partial charge on any atom is 0.238 e. The normalized spacial score (nSPS) is 11.6. The molecule has 1 amide bonds. The third-order valence-electron chi connectivity index (χ3n) is 4.31. The van der Waals surface area contributed by atoms with E-state index in [-0.39, 0.29) is 18.5 Å². The first-order valence-corrected chi connectivity index (χ1v) is 9.97. The third-order valence-corrected chi connectivity index (χ3v) is 5.39. The fraction of sp³-hybridized carbons (Fsp3) is 0.174. The molecule has 4 nitrogen and oxygen atoms in total. The van der Waals surface area contributed by atoms with Crippen LogP contribution < -0.4 is 15.4 Å². The van der Waals surface area contributed by atoms with Crippen LogP contribution in [0, 0.1) is 0 Å². The summed E-state index contributed by atoms with van der Waals surface area (Å²) < 4.78 is 5.40. The summed E-state index contributed by atoms with van der Waals surface area (Å²) in [6.45, 7) is 2.23. The molecule has 0 aliphatic carbocycles. The minimum Gasteiger partial charge on any atom is -0.496 e. The van der Waals surface area contributed by atoms with E-state index in [0.717, 1.165) is 26.8 Å². The lowest BCUT2D eigenvalue weighted by atomic mass is 10.1. The average molecular weight is 393 g/mol. The van der Waals surface area contributed by atoms with Gasteiger partial charge in [0, 0.05) is 21.4 Å². The fourth-order valence-electron chi connectivity index (χ4n) is 2.85. The number of para-hydroxylation sites is 2. The van der Waals surface area contributed by atoms with Gasteiger partial charge in [-0.2, -0.15) is 0 Å². The average Bonchev–Trinajstić information content (AvgIpc) is 2.74. The number of benzene rings is 3. The summed E-state index contributed by atoms with van der Waals surface area (Å²) in [6, 6.07) is 25.8. The molecule has 1 atom stereocenters. The van der Waals surface area contributed by atoms with Gasteiger partial charge in [0.15, 0.2) is 0 Å². The van der Waals surface area contributed by atoms with Crippen molar-refractivity contribution >= 4 is 23.4 Å². The molecular formula is C23H24N2O2S. The van der Waals surface area contributed by atoms with Crippen molar-refractivity contribution in [1.29, 1.82) is 0 Å². The van der Waals surface area contributed by atoms with Gasteiger partial charge in [-0.1, -0.05) is 60.3 Å². The van der Waals surface area contributed by atoms with Crippen molar-refractivity contribution in [2.45, 2.75) is 22.8 Å². The lowest BCUT2D eigenvalue weighted by molar-refractivity contribution is -0.115. The predicted molar refractivity (Wildman–Crippen MR) is 115 cm³/mol. The number of carbonyl (C=O) groups excluding carboxylic acids is 1. The number of hydrogen-bond donors (Lipinski definition) is 2. The highest BCUT2D eigenvalue weighted by atomic mass is 32.2. The number of hydrogen-bond acceptors (Lipinski definition) is 4. The van der Waals surface area contributed by atoms with E-state index in [1.165, 1.54) is 0 Å². The van der Waals surface area contributed by atoms with Gasteiger partial charge in [-0.05, 0) is 37.3 Å². The lowest BCUT2D eigenvalue weighted by Gasteiger charge is -2.17. The van der Waals surface area contributed by atoms with E-state index in [2.05, 4.69) is 22.8 Å². The summed E-state index contributed by atoms with van der Waals surface area (Å²) in [5.74, 6) is 0.732. The molecular weight excluding hydrogens is 368 g/mol. The SMILES string of the molecule is COc1ccccc1[C@H](C)NCC(=O)Nc1ccccc1Sc1ccccc1. The Morgan fingerprint density at radius 3 is 2.43 bits per heavy atom. The van der Waals surface area contributed by atoms with Crippen molar-refractivity contribution in [3.8, 4) is 5.75 Å². The zero-order chi connectivity index (χ0) is 19.8. The Kier molecular flexibility index (Phi) is 7.12. The first kappa shape index (κ1) is 20.0. The number of amides is 1. The van der Waals surface area contributed by atoms with E-state index in [1.807, 2.05) is 73.7 Å². The summed E-state index contributed by atoms with van der Waals surface area (Å²) >= 11 is 1.63. The van der Waals surface area contributed by atoms with E-state index < -0.39 is 0 Å². The minimum atomic E-state index is -0.0807. The molecule has 0 heterocycles. The molecule has 0 aromatic heterocycles. The van der Waals surface area contributed by atoms with Gasteiger partial charge in [0.05, 0.1) is 19.3 Å². The van der Waals surface area contributed by atoms with Gasteiger partial charge in [-0.15, -0.1) is 0 Å². The molecule has 0 unspecified atom stereocenters. The Balaban J connectivity index is 1.61. The standard InChI is InChI=1S/C23H24N2O2S/c1-17(19-12-6-8-14-21(19)27-2)24-16-23(26)25-20-13-7-9-15-22(20)28-18-10-4-3-5-11-18/h3-15,17,24H,16H2,1-2H3,(H,25,26)/t17-/m0/s1. The smallest absolute Gasteiger partial charge is 0.238 e. The molecule has 0 saturated heterocycles. The van der Waals surface area contributed by atoms with Gasteiger partial charge >= 0.3 is 0 Å². The van der Waals surface area contributed by atoms with Gasteiger partial charge in [-0.3, -0.25) is 4.79 Å². The van der Waals surface area contributed by atoms with Gasteiger partial charge in [0.1, 0.15) is 5.75 Å². The summed E-state index contributed by atoms with van der Waals surface area (Å²) in [7, 11) is 1.65. The second-order valence-electron chi connectivity index (χ2n) is 6.30. The molecule has 0 saturated carbocycles. The Hall–Kier alpha value is -2.76. The van der Waals surface area contributed by atoms with Crippen LogP contribution in [0.2, 0.25) is 0 Å². The first-order chi connectivity index (χ1) is 13.7. The van der Waals surface area contributed by atoms with Gasteiger partial charge < -0.3 is 15.4 Å². The van der Waals surface area contributed by atoms with Crippen LogP contribution in [0.25, 0.3) is 0 Å². The number of rotatable bonds is 8. The van der Waals surface area contributed by atoms with Crippen molar-refractivity contribution in [1.82, 2.24) is 5.32 Å². The van der Waals surface area contributed by atoms with Crippen molar-refractivity contribution in [2.24, 2.45) is 0 Å². The molecule has 28 heavy (non-hydrogen) atoms. The van der Waals surface area contributed by atoms with E-state index in [0.29, 0.717) is 0 Å². The molecule has 0 fully saturated rings. The second kappa shape index (κ2) is 9.97. The maximum atomic E-state index is 12.5. The highest BCUT2D eigenvalue weighted by molar-refractivity contribution is 7.99. The molecule has 0 radical (unpaired) electrons. The van der Waals surface area contributed by atoms with Crippen LogP contribution in [0.5, 0.6) is 5.75 Å². The van der Waals surface area contributed by atoms with E-state index in [9.17, 15) is 4.79 Å². The fourth-order valence-corrected chi connectivity index (χ4v) is 3.77. The monoisotopic (exact) mass is 392 g/mol. The molecule has 2 N–H and O–H groups in total. The highest BCUT2D eigenvalue weighted by Gasteiger charge is 2.13. The van der Waals surface area contributed by atoms with E-state index >= 15 is 0 Å². The molecule has 5 heteroatoms. The zero-order valence-corrected chi connectivity index (χ0v) is 16.8. The molecule has 3 rings (SSSR count). The van der Waals surface area contributed by atoms with E-state index in [4.69, 9.17) is 4.74 Å². The third kappa shape index (κ3) is 5.38. The van der Waals surface area contributed by atoms with Crippen LogP contribution in [-0.2, 0) is 4.79 Å². The molecule has 0 spiro atoms. The Morgan fingerprint density at radius 2 is 1.64 bits per heavy atom. The van der Waals surface area contributed by atoms with Crippen molar-refractivity contribution in [3.05, 3.63) is 84.4 Å². The Labute approximate surface area is 170 Å². The number of anilines is 1. The Bertz CT molecular complexity index is 915. The zero-order valence-electron chi connectivity index (χ0n) is 16.0. The summed E-state index contributed by atoms with van der Waals surface area (Å²) in [4.78, 5) is 14.6. The molecule has 3 aromatic rings. The topological polar surface area (TPSA) is 50.4 Å². The van der Waals surface area contributed by atoms with Crippen molar-refractivity contribution in [3.63, 3.8) is 0 Å². The summed E-state index contributed by atoms with van der Waals surface area (Å²) in [5, 5.41) is 6.28. The molecule has 0 aliphatic heterocycles. The molecule has 3 aromatic carbocycles. The van der Waals surface area contributed by atoms with Crippen LogP contribution in [0.1, 0.15) is 18.5 Å². The van der Waals surface area contributed by atoms with Gasteiger partial charge in [0.2, 0.25) is 5.91 Å². The van der Waals surface area contributed by atoms with Gasteiger partial charge in [0.25, 0.3) is 0 Å². The Morgan fingerprint density at radius 1 is 0.964 bits per heavy atom. The van der Waals surface area contributed by atoms with Crippen LogP contribution >= 0.6 is 11.8 Å². The summed E-state index contributed by atoms with van der Waals surface area (Å²) in [5.41, 5.74) is 1.84. The molecule has 0 bridgehead atoms. The van der Waals surface area contributed by atoms with E-state index in [1.54, 1.807) is 18.9 Å². The highest BCUT2D eigenvalue weighted by Crippen LogP contribution is 2.33. The molecule has 144 valence electrons. The number of nitrogens with one attached hydrogen (secondary N) is 2. The minimum absolute atomic E-state index is 0.00385. The quantitative estimate of drug-likeness (QED) is 0.558. The maximum absolute atomic E-state index is 12.5. The van der Waals surface area contributed by atoms with Gasteiger partial charge in [-0.25, -0.2) is 0 Å².